The smallest absolute Gasteiger partial charge is 0.257 e. The fraction of sp³-hybridized carbons (Fsp3) is 0.529. The molecule has 3 atom stereocenters. The van der Waals surface area contributed by atoms with Crippen molar-refractivity contribution in [3.63, 3.8) is 0 Å². The number of furan rings is 1. The van der Waals surface area contributed by atoms with Crippen LogP contribution in [0.1, 0.15) is 40.8 Å². The van der Waals surface area contributed by atoms with Gasteiger partial charge in [-0.05, 0) is 38.8 Å². The molecule has 122 valence electrons. The molecule has 2 aromatic heterocycles. The zero-order valence-electron chi connectivity index (χ0n) is 13.4. The first-order valence-electron chi connectivity index (χ1n) is 8.14. The van der Waals surface area contributed by atoms with Crippen molar-refractivity contribution >= 4 is 5.91 Å². The second kappa shape index (κ2) is 5.53. The first kappa shape index (κ1) is 14.5. The summed E-state index contributed by atoms with van der Waals surface area (Å²) in [6, 6.07) is 3.93. The number of carbonyl (C=O) groups excluding carboxylic acids is 1. The summed E-state index contributed by atoms with van der Waals surface area (Å²) in [4.78, 5) is 15.0. The number of fused-ring (bicyclic) bond motifs is 1. The molecule has 0 bridgehead atoms. The number of hydrogen-bond donors (Lipinski definition) is 0. The summed E-state index contributed by atoms with van der Waals surface area (Å²) in [6.07, 6.45) is 5.69. The van der Waals surface area contributed by atoms with Gasteiger partial charge in [-0.2, -0.15) is 5.10 Å². The molecule has 0 unspecified atom stereocenters. The molecule has 0 aliphatic carbocycles. The van der Waals surface area contributed by atoms with Crippen molar-refractivity contribution < 1.29 is 13.9 Å². The zero-order valence-corrected chi connectivity index (χ0v) is 13.4. The highest BCUT2D eigenvalue weighted by Gasteiger charge is 2.47. The Labute approximate surface area is 135 Å². The molecule has 2 aromatic rings. The van der Waals surface area contributed by atoms with E-state index in [2.05, 4.69) is 5.10 Å². The normalized spacial score (nSPS) is 27.2. The molecule has 0 aromatic carbocycles. The second-order valence-corrected chi connectivity index (χ2v) is 6.38. The van der Waals surface area contributed by atoms with E-state index in [0.717, 1.165) is 25.2 Å². The average molecular weight is 315 g/mol. The fourth-order valence-corrected chi connectivity index (χ4v) is 3.87. The van der Waals surface area contributed by atoms with Crippen molar-refractivity contribution in [2.45, 2.75) is 44.9 Å². The lowest BCUT2D eigenvalue weighted by molar-refractivity contribution is -0.0247. The van der Waals surface area contributed by atoms with E-state index in [4.69, 9.17) is 9.15 Å². The maximum atomic E-state index is 13.0. The van der Waals surface area contributed by atoms with E-state index in [-0.39, 0.29) is 24.1 Å². The molecule has 2 aliphatic heterocycles. The van der Waals surface area contributed by atoms with Gasteiger partial charge in [-0.1, -0.05) is 0 Å². The number of ether oxygens (including phenoxy) is 1. The number of rotatable bonds is 2. The first-order valence-corrected chi connectivity index (χ1v) is 8.14. The van der Waals surface area contributed by atoms with Crippen molar-refractivity contribution in [2.24, 2.45) is 0 Å². The average Bonchev–Trinajstić information content (AvgIpc) is 3.24. The first-order chi connectivity index (χ1) is 11.1. The van der Waals surface area contributed by atoms with Gasteiger partial charge < -0.3 is 14.1 Å². The molecule has 4 rings (SSSR count). The van der Waals surface area contributed by atoms with Crippen LogP contribution in [0.25, 0.3) is 0 Å². The molecular formula is C17H21N3O3. The zero-order chi connectivity index (χ0) is 16.0. The largest absolute Gasteiger partial charge is 0.466 e. The van der Waals surface area contributed by atoms with Gasteiger partial charge >= 0.3 is 0 Å². The van der Waals surface area contributed by atoms with Gasteiger partial charge in [-0.15, -0.1) is 0 Å². The van der Waals surface area contributed by atoms with E-state index >= 15 is 0 Å². The van der Waals surface area contributed by atoms with E-state index in [1.807, 2.05) is 41.8 Å². The van der Waals surface area contributed by atoms with Gasteiger partial charge in [0.05, 0.1) is 17.6 Å². The SMILES string of the molecule is Cc1cc(C(=O)N2C[C@H](n3cccn3)[C@@H]3OCCC[C@@H]32)c(C)o1. The summed E-state index contributed by atoms with van der Waals surface area (Å²) in [7, 11) is 0. The van der Waals surface area contributed by atoms with E-state index in [9.17, 15) is 4.79 Å². The quantitative estimate of drug-likeness (QED) is 0.853. The monoisotopic (exact) mass is 315 g/mol. The molecule has 0 spiro atoms. The summed E-state index contributed by atoms with van der Waals surface area (Å²) < 4.78 is 13.5. The highest BCUT2D eigenvalue weighted by Crippen LogP contribution is 2.36. The predicted octanol–water partition coefficient (Wildman–Crippen LogP) is 2.34. The van der Waals surface area contributed by atoms with Crippen LogP contribution in [0.15, 0.2) is 28.9 Å². The lowest BCUT2D eigenvalue weighted by Gasteiger charge is -2.32. The lowest BCUT2D eigenvalue weighted by atomic mass is 10.0. The highest BCUT2D eigenvalue weighted by molar-refractivity contribution is 5.95. The molecule has 2 fully saturated rings. The van der Waals surface area contributed by atoms with Crippen molar-refractivity contribution in [3.05, 3.63) is 41.6 Å². The van der Waals surface area contributed by atoms with Gasteiger partial charge in [0.2, 0.25) is 0 Å². The summed E-state index contributed by atoms with van der Waals surface area (Å²) in [5.74, 6) is 1.49. The van der Waals surface area contributed by atoms with Gasteiger partial charge in [0.1, 0.15) is 17.6 Å². The van der Waals surface area contributed by atoms with Gasteiger partial charge in [0, 0.05) is 25.5 Å². The third-order valence-electron chi connectivity index (χ3n) is 4.89. The van der Waals surface area contributed by atoms with Gasteiger partial charge in [-0.25, -0.2) is 0 Å². The lowest BCUT2D eigenvalue weighted by Crippen LogP contribution is -2.43. The third kappa shape index (κ3) is 2.37. The Morgan fingerprint density at radius 3 is 2.91 bits per heavy atom. The predicted molar refractivity (Wildman–Crippen MR) is 83.2 cm³/mol. The van der Waals surface area contributed by atoms with Crippen molar-refractivity contribution in [2.75, 3.05) is 13.2 Å². The summed E-state index contributed by atoms with van der Waals surface area (Å²) in [5.41, 5.74) is 0.660. The molecular weight excluding hydrogens is 294 g/mol. The molecule has 2 saturated heterocycles. The Morgan fingerprint density at radius 2 is 2.22 bits per heavy atom. The van der Waals surface area contributed by atoms with E-state index in [1.165, 1.54) is 0 Å². The summed E-state index contributed by atoms with van der Waals surface area (Å²) in [5, 5.41) is 4.36. The number of nitrogens with zero attached hydrogens (tertiary/aromatic N) is 3. The number of aryl methyl sites for hydroxylation is 2. The summed E-state index contributed by atoms with van der Waals surface area (Å²) >= 11 is 0. The van der Waals surface area contributed by atoms with Crippen molar-refractivity contribution in [3.8, 4) is 0 Å². The molecule has 6 heteroatoms. The van der Waals surface area contributed by atoms with E-state index < -0.39 is 0 Å². The van der Waals surface area contributed by atoms with Crippen LogP contribution in [0.4, 0.5) is 0 Å². The van der Waals surface area contributed by atoms with Crippen LogP contribution in [-0.4, -0.2) is 45.9 Å². The van der Waals surface area contributed by atoms with E-state index in [0.29, 0.717) is 17.9 Å². The minimum atomic E-state index is 0.0147. The Balaban J connectivity index is 1.65. The Hall–Kier alpha value is -2.08. The second-order valence-electron chi connectivity index (χ2n) is 6.38. The van der Waals surface area contributed by atoms with Gasteiger partial charge in [0.25, 0.3) is 5.91 Å². The Morgan fingerprint density at radius 1 is 1.35 bits per heavy atom. The number of carbonyl (C=O) groups is 1. The molecule has 0 N–H and O–H groups in total. The molecule has 1 amide bonds. The molecule has 0 radical (unpaired) electrons. The van der Waals surface area contributed by atoms with Crippen LogP contribution in [0.3, 0.4) is 0 Å². The van der Waals surface area contributed by atoms with Gasteiger partial charge in [-0.3, -0.25) is 9.48 Å². The third-order valence-corrected chi connectivity index (χ3v) is 4.89. The van der Waals surface area contributed by atoms with Crippen LogP contribution in [0, 0.1) is 13.8 Å². The molecule has 23 heavy (non-hydrogen) atoms. The van der Waals surface area contributed by atoms with Crippen LogP contribution in [-0.2, 0) is 4.74 Å². The molecule has 6 nitrogen and oxygen atoms in total. The van der Waals surface area contributed by atoms with Gasteiger partial charge in [0.15, 0.2) is 0 Å². The topological polar surface area (TPSA) is 60.5 Å². The van der Waals surface area contributed by atoms with Crippen LogP contribution < -0.4 is 0 Å². The molecule has 2 aliphatic rings. The maximum Gasteiger partial charge on any atom is 0.257 e. The molecule has 4 heterocycles. The van der Waals surface area contributed by atoms with Crippen LogP contribution in [0.2, 0.25) is 0 Å². The minimum absolute atomic E-state index is 0.0147. The van der Waals surface area contributed by atoms with Crippen molar-refractivity contribution in [1.29, 1.82) is 0 Å². The minimum Gasteiger partial charge on any atom is -0.466 e. The van der Waals surface area contributed by atoms with Crippen LogP contribution >= 0.6 is 0 Å². The highest BCUT2D eigenvalue weighted by atomic mass is 16.5. The number of aromatic nitrogens is 2. The van der Waals surface area contributed by atoms with Crippen molar-refractivity contribution in [1.82, 2.24) is 14.7 Å². The number of amides is 1. The number of hydrogen-bond acceptors (Lipinski definition) is 4. The summed E-state index contributed by atoms with van der Waals surface area (Å²) in [6.45, 7) is 5.09. The Bertz CT molecular complexity index is 707. The fourth-order valence-electron chi connectivity index (χ4n) is 3.87. The van der Waals surface area contributed by atoms with E-state index in [1.54, 1.807) is 6.20 Å². The van der Waals surface area contributed by atoms with Crippen LogP contribution in [0.5, 0.6) is 0 Å². The standard InChI is InChI=1S/C17H21N3O3/c1-11-9-13(12(2)23-11)17(21)19-10-15(20-7-4-6-18-20)16-14(19)5-3-8-22-16/h4,6-7,9,14-16H,3,5,8,10H2,1-2H3/t14-,15-,16+/m0/s1. The maximum absolute atomic E-state index is 13.0. The molecule has 0 saturated carbocycles. The Kier molecular flexibility index (Phi) is 3.49. The number of likely N-dealkylation sites (tertiary alicyclic amines) is 1.